The number of pyridine rings is 1. The summed E-state index contributed by atoms with van der Waals surface area (Å²) in [4.78, 5) is 15.8. The number of rotatable bonds is 6. The van der Waals surface area contributed by atoms with Crippen molar-refractivity contribution in [2.24, 2.45) is 0 Å². The van der Waals surface area contributed by atoms with Gasteiger partial charge in [-0.05, 0) is 44.0 Å². The molecule has 5 nitrogen and oxygen atoms in total. The highest BCUT2D eigenvalue weighted by Crippen LogP contribution is 2.21. The Morgan fingerprint density at radius 1 is 1.43 bits per heavy atom. The Kier molecular flexibility index (Phi) is 4.75. The van der Waals surface area contributed by atoms with Crippen LogP contribution in [0.2, 0.25) is 0 Å². The summed E-state index contributed by atoms with van der Waals surface area (Å²) in [6, 6.07) is 7.28. The molecule has 0 bridgehead atoms. The summed E-state index contributed by atoms with van der Waals surface area (Å²) in [5.41, 5.74) is -0.195. The summed E-state index contributed by atoms with van der Waals surface area (Å²) in [7, 11) is 0. The second-order valence-electron chi connectivity index (χ2n) is 5.32. The van der Waals surface area contributed by atoms with Crippen LogP contribution in [0.25, 0.3) is 0 Å². The molecule has 112 valence electrons. The van der Waals surface area contributed by atoms with E-state index < -0.39 is 5.60 Å². The van der Waals surface area contributed by atoms with Gasteiger partial charge in [0.15, 0.2) is 0 Å². The molecular weight excluding hydrogens is 268 g/mol. The first-order valence-electron chi connectivity index (χ1n) is 6.92. The van der Waals surface area contributed by atoms with Gasteiger partial charge in [-0.3, -0.25) is 9.78 Å². The minimum absolute atomic E-state index is 0.109. The monoisotopic (exact) mass is 288 g/mol. The molecule has 2 aromatic heterocycles. The van der Waals surface area contributed by atoms with E-state index in [4.69, 9.17) is 4.42 Å². The molecule has 0 fully saturated rings. The number of aromatic nitrogens is 1. The third-order valence-electron chi connectivity index (χ3n) is 3.26. The molecule has 1 amide bonds. The Labute approximate surface area is 124 Å². The van der Waals surface area contributed by atoms with Gasteiger partial charge in [0.25, 0.3) is 0 Å². The first-order valence-corrected chi connectivity index (χ1v) is 6.92. The largest absolute Gasteiger partial charge is 0.463 e. The van der Waals surface area contributed by atoms with Gasteiger partial charge in [0.2, 0.25) is 5.91 Å². The standard InChI is InChI=1S/C16H20N2O3/c1-12-5-7-14(21-12)16(2,20)11-18-15(19)8-6-13-4-3-9-17-10-13/h3-5,7,9-10,20H,6,8,11H2,1-2H3,(H,18,19). The third-order valence-corrected chi connectivity index (χ3v) is 3.26. The van der Waals surface area contributed by atoms with E-state index in [1.54, 1.807) is 31.5 Å². The maximum Gasteiger partial charge on any atom is 0.220 e. The van der Waals surface area contributed by atoms with E-state index >= 15 is 0 Å². The molecule has 2 heterocycles. The minimum Gasteiger partial charge on any atom is -0.463 e. The fourth-order valence-electron chi connectivity index (χ4n) is 1.97. The molecule has 0 aromatic carbocycles. The number of carbonyl (C=O) groups is 1. The highest BCUT2D eigenvalue weighted by molar-refractivity contribution is 5.76. The van der Waals surface area contributed by atoms with Crippen molar-refractivity contribution in [3.8, 4) is 0 Å². The number of nitrogens with one attached hydrogen (secondary N) is 1. The van der Waals surface area contributed by atoms with Crippen LogP contribution in [0.3, 0.4) is 0 Å². The first-order chi connectivity index (χ1) is 9.97. The highest BCUT2D eigenvalue weighted by Gasteiger charge is 2.27. The smallest absolute Gasteiger partial charge is 0.220 e. The van der Waals surface area contributed by atoms with Crippen molar-refractivity contribution in [2.45, 2.75) is 32.3 Å². The van der Waals surface area contributed by atoms with E-state index in [2.05, 4.69) is 10.3 Å². The Hall–Kier alpha value is -2.14. The van der Waals surface area contributed by atoms with E-state index in [9.17, 15) is 9.90 Å². The zero-order chi connectivity index (χ0) is 15.3. The molecule has 0 aliphatic heterocycles. The van der Waals surface area contributed by atoms with Crippen LogP contribution in [0.15, 0.2) is 41.1 Å². The maximum absolute atomic E-state index is 11.8. The quantitative estimate of drug-likeness (QED) is 0.851. The van der Waals surface area contributed by atoms with E-state index in [0.717, 1.165) is 11.3 Å². The fraction of sp³-hybridized carbons (Fsp3) is 0.375. The van der Waals surface area contributed by atoms with Gasteiger partial charge < -0.3 is 14.8 Å². The topological polar surface area (TPSA) is 75.4 Å². The van der Waals surface area contributed by atoms with Crippen molar-refractivity contribution in [3.05, 3.63) is 53.7 Å². The molecule has 5 heteroatoms. The molecule has 0 saturated carbocycles. The molecule has 2 N–H and O–H groups in total. The number of nitrogens with zero attached hydrogens (tertiary/aromatic N) is 1. The lowest BCUT2D eigenvalue weighted by Crippen LogP contribution is -2.38. The van der Waals surface area contributed by atoms with Crippen molar-refractivity contribution in [1.29, 1.82) is 0 Å². The number of hydrogen-bond donors (Lipinski definition) is 2. The SMILES string of the molecule is Cc1ccc(C(C)(O)CNC(=O)CCc2cccnc2)o1. The number of carbonyl (C=O) groups excluding carboxylic acids is 1. The van der Waals surface area contributed by atoms with Crippen LogP contribution in [0, 0.1) is 6.92 Å². The van der Waals surface area contributed by atoms with Crippen LogP contribution in [-0.2, 0) is 16.8 Å². The van der Waals surface area contributed by atoms with Gasteiger partial charge in [-0.15, -0.1) is 0 Å². The Balaban J connectivity index is 1.81. The molecule has 0 aliphatic rings. The second-order valence-corrected chi connectivity index (χ2v) is 5.32. The first kappa shape index (κ1) is 15.3. The number of furan rings is 1. The molecule has 1 unspecified atom stereocenters. The summed E-state index contributed by atoms with van der Waals surface area (Å²) in [6.45, 7) is 3.55. The molecule has 0 radical (unpaired) electrons. The van der Waals surface area contributed by atoms with Gasteiger partial charge in [-0.2, -0.15) is 0 Å². The van der Waals surface area contributed by atoms with Crippen LogP contribution in [0.1, 0.15) is 30.4 Å². The molecule has 2 aromatic rings. The number of amides is 1. The van der Waals surface area contributed by atoms with Crippen LogP contribution in [0.5, 0.6) is 0 Å². The third kappa shape index (κ3) is 4.43. The Morgan fingerprint density at radius 3 is 2.86 bits per heavy atom. The van der Waals surface area contributed by atoms with Crippen molar-refractivity contribution < 1.29 is 14.3 Å². The average molecular weight is 288 g/mol. The van der Waals surface area contributed by atoms with Crippen LogP contribution < -0.4 is 5.32 Å². The molecule has 21 heavy (non-hydrogen) atoms. The van der Waals surface area contributed by atoms with Gasteiger partial charge >= 0.3 is 0 Å². The van der Waals surface area contributed by atoms with Crippen molar-refractivity contribution in [2.75, 3.05) is 6.54 Å². The lowest BCUT2D eigenvalue weighted by atomic mass is 10.0. The van der Waals surface area contributed by atoms with E-state index in [1.165, 1.54) is 0 Å². The number of hydrogen-bond acceptors (Lipinski definition) is 4. The zero-order valence-electron chi connectivity index (χ0n) is 12.3. The van der Waals surface area contributed by atoms with Crippen LogP contribution in [-0.4, -0.2) is 22.5 Å². The summed E-state index contributed by atoms with van der Waals surface area (Å²) in [6.07, 6.45) is 4.43. The Morgan fingerprint density at radius 2 is 2.24 bits per heavy atom. The molecular formula is C16H20N2O3. The summed E-state index contributed by atoms with van der Waals surface area (Å²) in [5.74, 6) is 1.07. The summed E-state index contributed by atoms with van der Waals surface area (Å²) >= 11 is 0. The normalized spacial score (nSPS) is 13.7. The van der Waals surface area contributed by atoms with Crippen molar-refractivity contribution >= 4 is 5.91 Å². The molecule has 0 saturated heterocycles. The van der Waals surface area contributed by atoms with Gasteiger partial charge in [-0.1, -0.05) is 6.07 Å². The summed E-state index contributed by atoms with van der Waals surface area (Å²) < 4.78 is 5.40. The zero-order valence-corrected chi connectivity index (χ0v) is 12.3. The van der Waals surface area contributed by atoms with E-state index in [-0.39, 0.29) is 12.5 Å². The van der Waals surface area contributed by atoms with Crippen molar-refractivity contribution in [1.82, 2.24) is 10.3 Å². The predicted octanol–water partition coefficient (Wildman–Crippen LogP) is 1.94. The number of aliphatic hydroxyl groups is 1. The number of aryl methyl sites for hydroxylation is 2. The second kappa shape index (κ2) is 6.54. The van der Waals surface area contributed by atoms with Gasteiger partial charge in [0.05, 0.1) is 6.54 Å². The molecule has 1 atom stereocenters. The predicted molar refractivity (Wildman–Crippen MR) is 78.6 cm³/mol. The molecule has 2 rings (SSSR count). The lowest BCUT2D eigenvalue weighted by Gasteiger charge is -2.21. The van der Waals surface area contributed by atoms with Gasteiger partial charge in [0.1, 0.15) is 17.1 Å². The minimum atomic E-state index is -1.21. The van der Waals surface area contributed by atoms with Crippen LogP contribution in [0.4, 0.5) is 0 Å². The van der Waals surface area contributed by atoms with Crippen LogP contribution >= 0.6 is 0 Å². The van der Waals surface area contributed by atoms with Crippen molar-refractivity contribution in [3.63, 3.8) is 0 Å². The average Bonchev–Trinajstić information content (AvgIpc) is 2.92. The molecule has 0 aliphatic carbocycles. The van der Waals surface area contributed by atoms with E-state index in [0.29, 0.717) is 18.6 Å². The van der Waals surface area contributed by atoms with Gasteiger partial charge in [0, 0.05) is 18.8 Å². The highest BCUT2D eigenvalue weighted by atomic mass is 16.4. The maximum atomic E-state index is 11.8. The van der Waals surface area contributed by atoms with Gasteiger partial charge in [-0.25, -0.2) is 0 Å². The lowest BCUT2D eigenvalue weighted by molar-refractivity contribution is -0.122. The molecule has 0 spiro atoms. The fourth-order valence-corrected chi connectivity index (χ4v) is 1.97. The van der Waals surface area contributed by atoms with E-state index in [1.807, 2.05) is 19.1 Å². The summed E-state index contributed by atoms with van der Waals surface area (Å²) in [5, 5.41) is 13.0. The Bertz CT molecular complexity index is 591.